The van der Waals surface area contributed by atoms with Gasteiger partial charge in [-0.2, -0.15) is 0 Å². The lowest BCUT2D eigenvalue weighted by molar-refractivity contribution is -0.161. The summed E-state index contributed by atoms with van der Waals surface area (Å²) in [7, 11) is -4.41. The zero-order valence-corrected chi connectivity index (χ0v) is 48.1. The number of esters is 2. The van der Waals surface area contributed by atoms with Crippen molar-refractivity contribution in [1.82, 2.24) is 0 Å². The van der Waals surface area contributed by atoms with Crippen molar-refractivity contribution in [3.8, 4) is 0 Å². The van der Waals surface area contributed by atoms with Crippen LogP contribution in [0, 0.1) is 0 Å². The third kappa shape index (κ3) is 59.0. The second kappa shape index (κ2) is 59.1. The molecule has 10 heteroatoms. The Labute approximate surface area is 458 Å². The SMILES string of the molecule is CC/C=C\C/C=C\C/C=C\C/C=C\C/C=C\C/C=C\C/C=C\C/C=C\C/C=C\CCCCCCCC(=O)OC(COC(=O)CCCCCCCC/C=C\C/C=C\C/C=C\CCCCCCC)COP(=O)(O)OCCN. The van der Waals surface area contributed by atoms with Crippen LogP contribution in [0.2, 0.25) is 0 Å². The summed E-state index contributed by atoms with van der Waals surface area (Å²) in [6.07, 6.45) is 84.6. The Kier molecular flexibility index (Phi) is 55.9. The highest BCUT2D eigenvalue weighted by atomic mass is 31.2. The molecule has 0 aromatic heterocycles. The van der Waals surface area contributed by atoms with Gasteiger partial charge in [-0.05, 0) is 122 Å². The number of phosphoric ester groups is 1. The number of allylic oxidation sites excluding steroid dienone is 24. The van der Waals surface area contributed by atoms with Gasteiger partial charge in [-0.3, -0.25) is 18.6 Å². The molecule has 0 amide bonds. The molecule has 0 aromatic rings. The molecule has 0 saturated heterocycles. The molecule has 0 aromatic carbocycles. The van der Waals surface area contributed by atoms with E-state index in [4.69, 9.17) is 24.3 Å². The Morgan fingerprint density at radius 1 is 0.413 bits per heavy atom. The van der Waals surface area contributed by atoms with Crippen LogP contribution in [-0.2, 0) is 32.7 Å². The van der Waals surface area contributed by atoms with Gasteiger partial charge in [0.25, 0.3) is 0 Å². The highest BCUT2D eigenvalue weighted by Gasteiger charge is 2.26. The molecule has 0 bridgehead atoms. The van der Waals surface area contributed by atoms with Crippen molar-refractivity contribution >= 4 is 19.8 Å². The standard InChI is InChI=1S/C65H106NO8P/c1-3-5-7-9-11-13-15-17-19-21-23-25-26-27-28-29-30-31-32-33-34-35-36-38-40-42-44-46-48-50-52-54-56-58-65(68)74-63(62-73-75(69,70)72-60-59-66)61-71-64(67)57-55-53-51-49-47-45-43-41-39-37-24-22-20-18-16-14-12-10-8-6-4-2/h5,7,11,13,16-19,22-25,27-28,30-31,33-34,36,38-39,41-42,44,63H,3-4,6,8-10,12,14-15,20-21,26,29,32,35,37,40,43,45-62,66H2,1-2H3,(H,69,70)/b7-5-,13-11-,18-16-,19-17-,24-22-,25-23-,28-27-,31-30-,34-33-,38-36-,41-39-,44-42-. The number of rotatable bonds is 53. The first kappa shape index (κ1) is 70.9. The second-order valence-corrected chi connectivity index (χ2v) is 20.2. The van der Waals surface area contributed by atoms with E-state index in [1.165, 1.54) is 38.5 Å². The van der Waals surface area contributed by atoms with Crippen molar-refractivity contribution in [3.63, 3.8) is 0 Å². The number of hydrogen-bond acceptors (Lipinski definition) is 8. The van der Waals surface area contributed by atoms with E-state index in [-0.39, 0.29) is 32.6 Å². The molecule has 424 valence electrons. The van der Waals surface area contributed by atoms with E-state index in [1.807, 2.05) is 0 Å². The Hall–Kier alpha value is -4.11. The number of phosphoric acid groups is 1. The second-order valence-electron chi connectivity index (χ2n) is 18.8. The summed E-state index contributed by atoms with van der Waals surface area (Å²) >= 11 is 0. The highest BCUT2D eigenvalue weighted by Crippen LogP contribution is 2.43. The first-order chi connectivity index (χ1) is 36.8. The molecule has 0 spiro atoms. The van der Waals surface area contributed by atoms with Crippen molar-refractivity contribution in [2.24, 2.45) is 5.73 Å². The summed E-state index contributed by atoms with van der Waals surface area (Å²) < 4.78 is 33.0. The minimum absolute atomic E-state index is 0.0395. The molecule has 0 aliphatic carbocycles. The molecule has 0 saturated carbocycles. The van der Waals surface area contributed by atoms with E-state index in [2.05, 4.69) is 160 Å². The van der Waals surface area contributed by atoms with Crippen molar-refractivity contribution in [2.75, 3.05) is 26.4 Å². The summed E-state index contributed by atoms with van der Waals surface area (Å²) in [6, 6.07) is 0. The van der Waals surface area contributed by atoms with E-state index < -0.39 is 32.5 Å². The maximum absolute atomic E-state index is 12.7. The van der Waals surface area contributed by atoms with Gasteiger partial charge in [-0.1, -0.05) is 230 Å². The topological polar surface area (TPSA) is 134 Å². The molecular weight excluding hydrogens is 954 g/mol. The van der Waals surface area contributed by atoms with E-state index in [1.54, 1.807) is 0 Å². The zero-order valence-electron chi connectivity index (χ0n) is 47.2. The summed E-state index contributed by atoms with van der Waals surface area (Å²) in [4.78, 5) is 35.2. The molecular formula is C65H106NO8P. The molecule has 0 aliphatic heterocycles. The minimum Gasteiger partial charge on any atom is -0.462 e. The Balaban J connectivity index is 4.12. The van der Waals surface area contributed by atoms with E-state index in [9.17, 15) is 19.0 Å². The maximum atomic E-state index is 12.7. The fourth-order valence-electron chi connectivity index (χ4n) is 7.40. The summed E-state index contributed by atoms with van der Waals surface area (Å²) in [5.74, 6) is -0.876. The molecule has 0 rings (SSSR count). The quantitative estimate of drug-likeness (QED) is 0.0264. The fraction of sp³-hybridized carbons (Fsp3) is 0.600. The molecule has 0 aliphatic rings. The summed E-state index contributed by atoms with van der Waals surface area (Å²) in [5, 5.41) is 0. The van der Waals surface area contributed by atoms with Gasteiger partial charge in [0, 0.05) is 19.4 Å². The van der Waals surface area contributed by atoms with E-state index in [0.29, 0.717) is 12.8 Å². The average molecular weight is 1060 g/mol. The van der Waals surface area contributed by atoms with Crippen molar-refractivity contribution in [2.45, 2.75) is 225 Å². The fourth-order valence-corrected chi connectivity index (χ4v) is 8.16. The molecule has 75 heavy (non-hydrogen) atoms. The van der Waals surface area contributed by atoms with Gasteiger partial charge in [0.2, 0.25) is 0 Å². The van der Waals surface area contributed by atoms with Crippen LogP contribution in [0.1, 0.15) is 219 Å². The first-order valence-corrected chi connectivity index (χ1v) is 30.8. The lowest BCUT2D eigenvalue weighted by Gasteiger charge is -2.19. The summed E-state index contributed by atoms with van der Waals surface area (Å²) in [6.45, 7) is 3.56. The lowest BCUT2D eigenvalue weighted by atomic mass is 10.1. The van der Waals surface area contributed by atoms with Gasteiger partial charge < -0.3 is 20.1 Å². The smallest absolute Gasteiger partial charge is 0.462 e. The van der Waals surface area contributed by atoms with Crippen LogP contribution in [0.3, 0.4) is 0 Å². The zero-order chi connectivity index (χ0) is 54.5. The van der Waals surface area contributed by atoms with Crippen molar-refractivity contribution in [1.29, 1.82) is 0 Å². The number of hydrogen-bond donors (Lipinski definition) is 2. The van der Waals surface area contributed by atoms with Crippen LogP contribution in [0.15, 0.2) is 146 Å². The van der Waals surface area contributed by atoms with Crippen LogP contribution in [0.4, 0.5) is 0 Å². The Morgan fingerprint density at radius 3 is 1.09 bits per heavy atom. The molecule has 0 heterocycles. The lowest BCUT2D eigenvalue weighted by Crippen LogP contribution is -2.29. The molecule has 9 nitrogen and oxygen atoms in total. The third-order valence-electron chi connectivity index (χ3n) is 11.7. The minimum atomic E-state index is -4.41. The van der Waals surface area contributed by atoms with Gasteiger partial charge in [-0.15, -0.1) is 0 Å². The molecule has 0 radical (unpaired) electrons. The predicted octanol–water partition coefficient (Wildman–Crippen LogP) is 18.7. The molecule has 2 atom stereocenters. The molecule has 0 fully saturated rings. The third-order valence-corrected chi connectivity index (χ3v) is 12.7. The van der Waals surface area contributed by atoms with Crippen molar-refractivity contribution < 1.29 is 37.6 Å². The van der Waals surface area contributed by atoms with E-state index >= 15 is 0 Å². The number of ether oxygens (including phenoxy) is 2. The van der Waals surface area contributed by atoms with Crippen LogP contribution >= 0.6 is 7.82 Å². The summed E-state index contributed by atoms with van der Waals surface area (Å²) in [5.41, 5.74) is 5.38. The van der Waals surface area contributed by atoms with Crippen LogP contribution < -0.4 is 5.73 Å². The van der Waals surface area contributed by atoms with Crippen LogP contribution in [-0.4, -0.2) is 49.3 Å². The first-order valence-electron chi connectivity index (χ1n) is 29.3. The van der Waals surface area contributed by atoms with Gasteiger partial charge in [0.15, 0.2) is 6.10 Å². The van der Waals surface area contributed by atoms with E-state index in [0.717, 1.165) is 141 Å². The van der Waals surface area contributed by atoms with Crippen molar-refractivity contribution in [3.05, 3.63) is 146 Å². The number of nitrogens with two attached hydrogens (primary N) is 1. The normalized spacial score (nSPS) is 14.1. The predicted molar refractivity (Wildman–Crippen MR) is 320 cm³/mol. The monoisotopic (exact) mass is 1060 g/mol. The van der Waals surface area contributed by atoms with Gasteiger partial charge in [0.05, 0.1) is 13.2 Å². The Bertz CT molecular complexity index is 1730. The molecule has 3 N–H and O–H groups in total. The maximum Gasteiger partial charge on any atom is 0.472 e. The van der Waals surface area contributed by atoms with Crippen LogP contribution in [0.5, 0.6) is 0 Å². The Morgan fingerprint density at radius 2 is 0.733 bits per heavy atom. The number of unbranched alkanes of at least 4 members (excludes halogenated alkanes) is 16. The van der Waals surface area contributed by atoms with Gasteiger partial charge >= 0.3 is 19.8 Å². The largest absolute Gasteiger partial charge is 0.472 e. The number of carbonyl (C=O) groups is 2. The van der Waals surface area contributed by atoms with Crippen LogP contribution in [0.25, 0.3) is 0 Å². The van der Waals surface area contributed by atoms with Gasteiger partial charge in [-0.25, -0.2) is 4.57 Å². The molecule has 2 unspecified atom stereocenters. The average Bonchev–Trinajstić information content (AvgIpc) is 3.40. The van der Waals surface area contributed by atoms with Gasteiger partial charge in [0.1, 0.15) is 6.61 Å². The highest BCUT2D eigenvalue weighted by molar-refractivity contribution is 7.47. The number of carbonyl (C=O) groups excluding carboxylic acids is 2.